The molecule has 2 aliphatic heterocycles. The Labute approximate surface area is 192 Å². The van der Waals surface area contributed by atoms with Gasteiger partial charge < -0.3 is 15.2 Å². The lowest BCUT2D eigenvalue weighted by molar-refractivity contribution is 0.0953. The molecule has 0 aliphatic carbocycles. The van der Waals surface area contributed by atoms with Gasteiger partial charge in [-0.05, 0) is 59.0 Å². The van der Waals surface area contributed by atoms with E-state index in [1.807, 2.05) is 12.1 Å². The number of hydrogen-bond donors (Lipinski definition) is 2. The number of piperidine rings is 1. The van der Waals surface area contributed by atoms with Crippen molar-refractivity contribution >= 4 is 11.6 Å². The van der Waals surface area contributed by atoms with Crippen molar-refractivity contribution in [3.05, 3.63) is 35.7 Å². The highest BCUT2D eigenvalue weighted by Crippen LogP contribution is 2.20. The van der Waals surface area contributed by atoms with Crippen molar-refractivity contribution in [1.82, 2.24) is 25.0 Å². The first-order valence-electron chi connectivity index (χ1n) is 11.6. The van der Waals surface area contributed by atoms with Gasteiger partial charge in [-0.1, -0.05) is 12.5 Å². The summed E-state index contributed by atoms with van der Waals surface area (Å²) in [6, 6.07) is 3.58. The molecule has 0 bridgehead atoms. The third-order valence-corrected chi connectivity index (χ3v) is 6.52. The van der Waals surface area contributed by atoms with Crippen LogP contribution in [0.25, 0.3) is 0 Å². The molecule has 1 aromatic heterocycles. The topological polar surface area (TPSA) is 90.8 Å². The lowest BCUT2D eigenvalue weighted by atomic mass is 9.94. The second-order valence-electron chi connectivity index (χ2n) is 9.24. The second-order valence-corrected chi connectivity index (χ2v) is 9.24. The molecule has 2 aliphatic rings. The fourth-order valence-corrected chi connectivity index (χ4v) is 4.26. The van der Waals surface area contributed by atoms with Gasteiger partial charge in [0.15, 0.2) is 0 Å². The van der Waals surface area contributed by atoms with Gasteiger partial charge in [0, 0.05) is 38.9 Å². The standard InChI is InChI=1S/C24H37N7O/c1-24(2,31-14-12-29(3)13-15-31)22(28-19-30-10-5-4-6-11-30)8-7-9-26-23(32)21-16-20(17-25)18-27-21/h7-8,16,18,27H,4-6,9-15,19H2,1-3H3,(H,26,32)/b8-7-,28-22+. The van der Waals surface area contributed by atoms with Crippen LogP contribution in [0.2, 0.25) is 0 Å². The summed E-state index contributed by atoms with van der Waals surface area (Å²) in [5.41, 5.74) is 1.71. The molecule has 8 heteroatoms. The van der Waals surface area contributed by atoms with E-state index < -0.39 is 0 Å². The van der Waals surface area contributed by atoms with Gasteiger partial charge >= 0.3 is 0 Å². The number of carbonyl (C=O) groups is 1. The predicted octanol–water partition coefficient (Wildman–Crippen LogP) is 2.08. The largest absolute Gasteiger partial charge is 0.356 e. The van der Waals surface area contributed by atoms with Crippen LogP contribution in [0.15, 0.2) is 29.4 Å². The minimum atomic E-state index is -0.221. The number of aliphatic imine (C=N–C) groups is 1. The summed E-state index contributed by atoms with van der Waals surface area (Å²) < 4.78 is 0. The smallest absolute Gasteiger partial charge is 0.267 e. The van der Waals surface area contributed by atoms with Crippen LogP contribution in [0, 0.1) is 11.3 Å². The summed E-state index contributed by atoms with van der Waals surface area (Å²) in [6.45, 7) is 12.0. The number of piperazine rings is 1. The highest BCUT2D eigenvalue weighted by molar-refractivity contribution is 6.02. The minimum Gasteiger partial charge on any atom is -0.356 e. The summed E-state index contributed by atoms with van der Waals surface area (Å²) in [7, 11) is 2.17. The quantitative estimate of drug-likeness (QED) is 0.605. The molecule has 32 heavy (non-hydrogen) atoms. The zero-order chi connectivity index (χ0) is 23.0. The van der Waals surface area contributed by atoms with Gasteiger partial charge in [0.25, 0.3) is 5.91 Å². The van der Waals surface area contributed by atoms with Crippen molar-refractivity contribution in [2.45, 2.75) is 38.6 Å². The third kappa shape index (κ3) is 6.52. The maximum atomic E-state index is 12.3. The van der Waals surface area contributed by atoms with Gasteiger partial charge in [-0.25, -0.2) is 0 Å². The maximum absolute atomic E-state index is 12.3. The van der Waals surface area contributed by atoms with Crippen molar-refractivity contribution < 1.29 is 4.79 Å². The van der Waals surface area contributed by atoms with E-state index in [1.165, 1.54) is 25.5 Å². The molecular formula is C24H37N7O. The van der Waals surface area contributed by atoms with Crippen molar-refractivity contribution in [1.29, 1.82) is 5.26 Å². The summed E-state index contributed by atoms with van der Waals surface area (Å²) in [5.74, 6) is -0.221. The van der Waals surface area contributed by atoms with E-state index in [-0.39, 0.29) is 11.4 Å². The molecule has 0 saturated carbocycles. The fourth-order valence-electron chi connectivity index (χ4n) is 4.26. The molecule has 0 radical (unpaired) electrons. The number of nitriles is 1. The fraction of sp³-hybridized carbons (Fsp3) is 0.625. The Bertz CT molecular complexity index is 850. The normalized spacial score (nSPS) is 19.9. The Morgan fingerprint density at radius 2 is 1.94 bits per heavy atom. The number of hydrogen-bond acceptors (Lipinski definition) is 6. The first-order valence-corrected chi connectivity index (χ1v) is 11.6. The van der Waals surface area contributed by atoms with E-state index in [0.29, 0.717) is 17.8 Å². The summed E-state index contributed by atoms with van der Waals surface area (Å²) in [5, 5.41) is 11.8. The van der Waals surface area contributed by atoms with Gasteiger partial charge in [-0.15, -0.1) is 0 Å². The SMILES string of the molecule is CN1CCN(C(C)(C)C(/C=C\CNC(=O)c2cc(C#N)c[nH]2)=N/CN2CCCCC2)CC1. The minimum absolute atomic E-state index is 0.182. The summed E-state index contributed by atoms with van der Waals surface area (Å²) >= 11 is 0. The van der Waals surface area contributed by atoms with Crippen LogP contribution >= 0.6 is 0 Å². The number of nitrogens with one attached hydrogen (secondary N) is 2. The number of rotatable bonds is 8. The van der Waals surface area contributed by atoms with Gasteiger partial charge in [-0.2, -0.15) is 5.26 Å². The van der Waals surface area contributed by atoms with Crippen LogP contribution in [0.4, 0.5) is 0 Å². The van der Waals surface area contributed by atoms with Gasteiger partial charge in [0.2, 0.25) is 0 Å². The molecule has 2 fully saturated rings. The molecule has 174 valence electrons. The number of likely N-dealkylation sites (tertiary alicyclic amines) is 1. The van der Waals surface area contributed by atoms with Crippen molar-refractivity contribution in [2.24, 2.45) is 4.99 Å². The van der Waals surface area contributed by atoms with Crippen molar-refractivity contribution in [3.63, 3.8) is 0 Å². The van der Waals surface area contributed by atoms with Crippen molar-refractivity contribution in [2.75, 3.05) is 59.5 Å². The Hall–Kier alpha value is -2.47. The van der Waals surface area contributed by atoms with E-state index in [1.54, 1.807) is 6.07 Å². The molecule has 2 N–H and O–H groups in total. The van der Waals surface area contributed by atoms with E-state index in [0.717, 1.165) is 51.6 Å². The number of carbonyl (C=O) groups excluding carboxylic acids is 1. The summed E-state index contributed by atoms with van der Waals surface area (Å²) in [4.78, 5) is 27.5. The van der Waals surface area contributed by atoms with Crippen molar-refractivity contribution in [3.8, 4) is 6.07 Å². The summed E-state index contributed by atoms with van der Waals surface area (Å²) in [6.07, 6.45) is 9.39. The van der Waals surface area contributed by atoms with Crippen LogP contribution in [0.1, 0.15) is 49.2 Å². The van der Waals surface area contributed by atoms with E-state index >= 15 is 0 Å². The zero-order valence-corrected chi connectivity index (χ0v) is 19.7. The highest BCUT2D eigenvalue weighted by atomic mass is 16.1. The Kier molecular flexibility index (Phi) is 8.62. The lowest BCUT2D eigenvalue weighted by Crippen LogP contribution is -2.57. The molecule has 2 saturated heterocycles. The van der Waals surface area contributed by atoms with Crippen LogP contribution in [0.3, 0.4) is 0 Å². The van der Waals surface area contributed by atoms with Crippen LogP contribution in [-0.2, 0) is 0 Å². The Balaban J connectivity index is 1.65. The Morgan fingerprint density at radius 3 is 2.59 bits per heavy atom. The number of aromatic amines is 1. The molecule has 0 atom stereocenters. The first kappa shape index (κ1) is 24.2. The van der Waals surface area contributed by atoms with E-state index in [4.69, 9.17) is 10.3 Å². The molecule has 1 amide bonds. The first-order chi connectivity index (χ1) is 15.4. The maximum Gasteiger partial charge on any atom is 0.267 e. The number of aromatic nitrogens is 1. The molecular weight excluding hydrogens is 402 g/mol. The van der Waals surface area contributed by atoms with Gasteiger partial charge in [0.05, 0.1) is 23.5 Å². The van der Waals surface area contributed by atoms with E-state index in [2.05, 4.69) is 52.0 Å². The molecule has 0 spiro atoms. The average molecular weight is 440 g/mol. The van der Waals surface area contributed by atoms with Gasteiger partial charge in [-0.3, -0.25) is 19.6 Å². The van der Waals surface area contributed by atoms with Gasteiger partial charge in [0.1, 0.15) is 11.8 Å². The highest BCUT2D eigenvalue weighted by Gasteiger charge is 2.32. The predicted molar refractivity (Wildman–Crippen MR) is 128 cm³/mol. The molecule has 3 rings (SSSR count). The number of amides is 1. The average Bonchev–Trinajstić information content (AvgIpc) is 3.29. The molecule has 0 unspecified atom stereocenters. The van der Waals surface area contributed by atoms with Crippen LogP contribution < -0.4 is 5.32 Å². The van der Waals surface area contributed by atoms with Crippen LogP contribution in [0.5, 0.6) is 0 Å². The van der Waals surface area contributed by atoms with E-state index in [9.17, 15) is 4.79 Å². The number of nitrogens with zero attached hydrogens (tertiary/aromatic N) is 5. The molecule has 8 nitrogen and oxygen atoms in total. The number of likely N-dealkylation sites (N-methyl/N-ethyl adjacent to an activating group) is 1. The van der Waals surface area contributed by atoms with Crippen LogP contribution in [-0.4, -0.2) is 96.4 Å². The second kappa shape index (κ2) is 11.4. The zero-order valence-electron chi connectivity index (χ0n) is 19.7. The third-order valence-electron chi connectivity index (χ3n) is 6.52. The lowest BCUT2D eigenvalue weighted by Gasteiger charge is -2.43. The number of H-pyrrole nitrogens is 1. The Morgan fingerprint density at radius 1 is 1.22 bits per heavy atom. The molecule has 3 heterocycles. The molecule has 1 aromatic rings. The molecule has 0 aromatic carbocycles. The monoisotopic (exact) mass is 439 g/mol.